The van der Waals surface area contributed by atoms with Gasteiger partial charge in [0.1, 0.15) is 0 Å². The molecule has 0 saturated heterocycles. The highest BCUT2D eigenvalue weighted by molar-refractivity contribution is 6.07. The Morgan fingerprint density at radius 3 is 2.60 bits per heavy atom. The summed E-state index contributed by atoms with van der Waals surface area (Å²) in [5, 5.41) is 2.93. The molecule has 0 unspecified atom stereocenters. The van der Waals surface area contributed by atoms with Crippen LogP contribution in [0, 0.1) is 5.92 Å². The van der Waals surface area contributed by atoms with E-state index in [2.05, 4.69) is 23.3 Å². The maximum atomic E-state index is 13.0. The van der Waals surface area contributed by atoms with Crippen molar-refractivity contribution in [3.05, 3.63) is 64.5 Å². The molecule has 5 heteroatoms. The third kappa shape index (κ3) is 5.91. The van der Waals surface area contributed by atoms with Crippen LogP contribution in [0.3, 0.4) is 0 Å². The predicted octanol–water partition coefficient (Wildman–Crippen LogP) is 4.58. The lowest BCUT2D eigenvalue weighted by Gasteiger charge is -2.22. The van der Waals surface area contributed by atoms with Crippen molar-refractivity contribution in [3.8, 4) is 0 Å². The summed E-state index contributed by atoms with van der Waals surface area (Å²) in [4.78, 5) is 29.3. The molecule has 1 heterocycles. The number of nitrogens with two attached hydrogens (primary N) is 1. The van der Waals surface area contributed by atoms with E-state index in [1.54, 1.807) is 12.4 Å². The zero-order valence-electron chi connectivity index (χ0n) is 18.0. The molecular formula is C25H33N3O2. The van der Waals surface area contributed by atoms with Crippen molar-refractivity contribution >= 4 is 11.8 Å². The number of amides is 2. The molecule has 160 valence electrons. The molecule has 1 saturated carbocycles. The van der Waals surface area contributed by atoms with E-state index in [0.29, 0.717) is 17.7 Å². The Morgan fingerprint density at radius 2 is 1.93 bits per heavy atom. The summed E-state index contributed by atoms with van der Waals surface area (Å²) in [7, 11) is 0. The van der Waals surface area contributed by atoms with Gasteiger partial charge in [-0.2, -0.15) is 0 Å². The number of nitrogens with zero attached hydrogens (tertiary/aromatic N) is 1. The van der Waals surface area contributed by atoms with Crippen LogP contribution < -0.4 is 11.1 Å². The molecule has 2 amide bonds. The summed E-state index contributed by atoms with van der Waals surface area (Å²) in [6.45, 7) is 2.43. The van der Waals surface area contributed by atoms with Gasteiger partial charge in [-0.25, -0.2) is 0 Å². The number of hydrogen-bond acceptors (Lipinski definition) is 3. The zero-order chi connectivity index (χ0) is 21.3. The summed E-state index contributed by atoms with van der Waals surface area (Å²) >= 11 is 0. The van der Waals surface area contributed by atoms with Gasteiger partial charge in [0.2, 0.25) is 5.91 Å². The minimum absolute atomic E-state index is 0.260. The fourth-order valence-corrected chi connectivity index (χ4v) is 4.48. The molecule has 3 N–H and O–H groups in total. The summed E-state index contributed by atoms with van der Waals surface area (Å²) in [6, 6.07) is 7.71. The van der Waals surface area contributed by atoms with Crippen molar-refractivity contribution in [2.45, 2.75) is 71.3 Å². The quantitative estimate of drug-likeness (QED) is 0.638. The fraction of sp³-hybridized carbons (Fsp3) is 0.480. The molecule has 1 fully saturated rings. The number of nitrogens with one attached hydrogen (secondary N) is 1. The lowest BCUT2D eigenvalue weighted by molar-refractivity contribution is 0.0933. The molecular weight excluding hydrogens is 374 g/mol. The first-order valence-electron chi connectivity index (χ1n) is 11.2. The van der Waals surface area contributed by atoms with Crippen molar-refractivity contribution in [1.29, 1.82) is 0 Å². The second-order valence-corrected chi connectivity index (χ2v) is 8.38. The molecule has 3 rings (SSSR count). The first kappa shape index (κ1) is 22.0. The fourth-order valence-electron chi connectivity index (χ4n) is 4.48. The van der Waals surface area contributed by atoms with Gasteiger partial charge in [-0.05, 0) is 54.0 Å². The molecule has 2 aromatic rings. The van der Waals surface area contributed by atoms with Crippen LogP contribution in [0.4, 0.5) is 0 Å². The van der Waals surface area contributed by atoms with E-state index in [9.17, 15) is 9.59 Å². The molecule has 1 aliphatic carbocycles. The number of carbonyl (C=O) groups is 2. The third-order valence-electron chi connectivity index (χ3n) is 6.03. The van der Waals surface area contributed by atoms with Crippen LogP contribution in [0.15, 0.2) is 36.7 Å². The molecule has 0 spiro atoms. The minimum Gasteiger partial charge on any atom is -0.366 e. The first-order chi connectivity index (χ1) is 14.6. The average molecular weight is 408 g/mol. The Hall–Kier alpha value is -2.69. The monoisotopic (exact) mass is 407 g/mol. The van der Waals surface area contributed by atoms with Crippen LogP contribution in [0.25, 0.3) is 0 Å². The minimum atomic E-state index is -0.538. The van der Waals surface area contributed by atoms with Crippen molar-refractivity contribution in [2.24, 2.45) is 11.7 Å². The molecule has 0 bridgehead atoms. The normalized spacial score (nSPS) is 14.4. The number of carbonyl (C=O) groups excluding carboxylic acids is 2. The molecule has 1 aromatic heterocycles. The number of benzene rings is 1. The van der Waals surface area contributed by atoms with Crippen LogP contribution in [-0.2, 0) is 19.4 Å². The molecule has 0 aliphatic heterocycles. The van der Waals surface area contributed by atoms with Crippen LogP contribution in [0.5, 0.6) is 0 Å². The predicted molar refractivity (Wildman–Crippen MR) is 119 cm³/mol. The van der Waals surface area contributed by atoms with E-state index >= 15 is 0 Å². The zero-order valence-corrected chi connectivity index (χ0v) is 18.0. The highest BCUT2D eigenvalue weighted by Crippen LogP contribution is 2.28. The van der Waals surface area contributed by atoms with E-state index in [1.165, 1.54) is 32.1 Å². The van der Waals surface area contributed by atoms with E-state index in [0.717, 1.165) is 48.3 Å². The van der Waals surface area contributed by atoms with Gasteiger partial charge in [-0.3, -0.25) is 14.6 Å². The van der Waals surface area contributed by atoms with Gasteiger partial charge >= 0.3 is 0 Å². The molecule has 30 heavy (non-hydrogen) atoms. The largest absolute Gasteiger partial charge is 0.366 e. The number of pyridine rings is 1. The van der Waals surface area contributed by atoms with Gasteiger partial charge in [-0.1, -0.05) is 57.6 Å². The second-order valence-electron chi connectivity index (χ2n) is 8.38. The van der Waals surface area contributed by atoms with E-state index in [4.69, 9.17) is 5.73 Å². The summed E-state index contributed by atoms with van der Waals surface area (Å²) in [5.41, 5.74) is 9.39. The highest BCUT2D eigenvalue weighted by Gasteiger charge is 2.21. The maximum Gasteiger partial charge on any atom is 0.252 e. The molecule has 1 aromatic carbocycles. The van der Waals surface area contributed by atoms with Crippen molar-refractivity contribution < 1.29 is 9.59 Å². The Labute approximate surface area is 179 Å². The van der Waals surface area contributed by atoms with Crippen LogP contribution >= 0.6 is 0 Å². The number of primary amides is 1. The number of aromatic nitrogens is 1. The maximum absolute atomic E-state index is 13.0. The lowest BCUT2D eigenvalue weighted by Crippen LogP contribution is -2.28. The van der Waals surface area contributed by atoms with Crippen LogP contribution in [0.1, 0.15) is 89.3 Å². The number of rotatable bonds is 9. The first-order valence-corrected chi connectivity index (χ1v) is 11.2. The van der Waals surface area contributed by atoms with Crippen molar-refractivity contribution in [3.63, 3.8) is 0 Å². The lowest BCUT2D eigenvalue weighted by atomic mass is 9.84. The summed E-state index contributed by atoms with van der Waals surface area (Å²) in [6.07, 6.45) is 13.7. The molecule has 0 atom stereocenters. The Balaban J connectivity index is 1.82. The van der Waals surface area contributed by atoms with Gasteiger partial charge in [0.15, 0.2) is 0 Å². The summed E-state index contributed by atoms with van der Waals surface area (Å²) < 4.78 is 0. The average Bonchev–Trinajstić information content (AvgIpc) is 2.77. The van der Waals surface area contributed by atoms with Gasteiger partial charge in [0, 0.05) is 18.9 Å². The topological polar surface area (TPSA) is 85.1 Å². The Bertz CT molecular complexity index is 858. The highest BCUT2D eigenvalue weighted by atomic mass is 16.2. The molecule has 0 radical (unpaired) electrons. The Morgan fingerprint density at radius 1 is 1.13 bits per heavy atom. The standard InChI is InChI=1S/C25H33N3O2/c1-2-7-21-14-19(12-11-18-8-4-3-5-9-18)15-22(23(21)24(26)29)25(30)28-17-20-10-6-13-27-16-20/h6,10,13-16,18H,2-5,7-9,11-12,17H2,1H3,(H2,26,29)(H,28,30). The molecule has 5 nitrogen and oxygen atoms in total. The van der Waals surface area contributed by atoms with Crippen LogP contribution in [0.2, 0.25) is 0 Å². The second kappa shape index (κ2) is 10.9. The SMILES string of the molecule is CCCc1cc(CCC2CCCCC2)cc(C(=O)NCc2cccnc2)c1C(N)=O. The molecule has 1 aliphatic rings. The van der Waals surface area contributed by atoms with Gasteiger partial charge < -0.3 is 11.1 Å². The van der Waals surface area contributed by atoms with Gasteiger partial charge in [0.25, 0.3) is 5.91 Å². The van der Waals surface area contributed by atoms with E-state index in [-0.39, 0.29) is 5.91 Å². The summed E-state index contributed by atoms with van der Waals surface area (Å²) in [5.74, 6) is -0.0274. The van der Waals surface area contributed by atoms with Crippen LogP contribution in [-0.4, -0.2) is 16.8 Å². The smallest absolute Gasteiger partial charge is 0.252 e. The van der Waals surface area contributed by atoms with Crippen molar-refractivity contribution in [2.75, 3.05) is 0 Å². The van der Waals surface area contributed by atoms with E-state index < -0.39 is 5.91 Å². The van der Waals surface area contributed by atoms with E-state index in [1.807, 2.05) is 18.2 Å². The van der Waals surface area contributed by atoms with Gasteiger partial charge in [0.05, 0.1) is 11.1 Å². The van der Waals surface area contributed by atoms with Gasteiger partial charge in [-0.15, -0.1) is 0 Å². The number of hydrogen-bond donors (Lipinski definition) is 2. The Kier molecular flexibility index (Phi) is 8.00. The van der Waals surface area contributed by atoms with Crippen molar-refractivity contribution in [1.82, 2.24) is 10.3 Å². The third-order valence-corrected chi connectivity index (χ3v) is 6.03. The number of aryl methyl sites for hydroxylation is 2.